The normalized spacial score (nSPS) is 11.3. The molecule has 0 unspecified atom stereocenters. The van der Waals surface area contributed by atoms with Gasteiger partial charge in [-0.1, -0.05) is 12.1 Å². The minimum absolute atomic E-state index is 0.146. The second-order valence-corrected chi connectivity index (χ2v) is 5.80. The Labute approximate surface area is 141 Å². The zero-order chi connectivity index (χ0) is 17.6. The highest BCUT2D eigenvalue weighted by atomic mass is 16.3. The summed E-state index contributed by atoms with van der Waals surface area (Å²) in [5.74, 6) is 0.218. The lowest BCUT2D eigenvalue weighted by molar-refractivity contribution is -0.116. The zero-order valence-corrected chi connectivity index (χ0v) is 13.7. The smallest absolute Gasteiger partial charge is 0.297 e. The van der Waals surface area contributed by atoms with Gasteiger partial charge in [0.2, 0.25) is 11.5 Å². The van der Waals surface area contributed by atoms with E-state index in [1.165, 1.54) is 10.9 Å². The Morgan fingerprint density at radius 3 is 2.88 bits per heavy atom. The standard InChI is InChI=1S/C17H15N5O3/c1-10-7-13(21(2)20-10)19-14(23)8-22-9-18-15-11-5-3-4-6-12(11)25-16(15)17(22)24/h3-7,9H,8H2,1-2H3,(H,19,23). The van der Waals surface area contributed by atoms with Crippen LogP contribution in [0.4, 0.5) is 5.82 Å². The first kappa shape index (κ1) is 15.1. The number of para-hydroxylation sites is 1. The number of nitrogens with zero attached hydrogens (tertiary/aromatic N) is 4. The average molecular weight is 337 g/mol. The van der Waals surface area contributed by atoms with E-state index in [1.54, 1.807) is 23.9 Å². The first-order valence-corrected chi connectivity index (χ1v) is 7.70. The lowest BCUT2D eigenvalue weighted by atomic mass is 10.2. The molecule has 0 radical (unpaired) electrons. The Hall–Kier alpha value is -3.42. The van der Waals surface area contributed by atoms with Gasteiger partial charge in [-0.3, -0.25) is 18.8 Å². The van der Waals surface area contributed by atoms with E-state index in [4.69, 9.17) is 4.42 Å². The summed E-state index contributed by atoms with van der Waals surface area (Å²) in [6, 6.07) is 9.05. The molecule has 126 valence electrons. The van der Waals surface area contributed by atoms with Crippen molar-refractivity contribution in [2.75, 3.05) is 5.32 Å². The Kier molecular flexibility index (Phi) is 3.38. The molecule has 1 N–H and O–H groups in total. The number of amides is 1. The third kappa shape index (κ3) is 2.57. The van der Waals surface area contributed by atoms with Crippen molar-refractivity contribution >= 4 is 33.8 Å². The minimum atomic E-state index is -0.391. The SMILES string of the molecule is Cc1cc(NC(=O)Cn2cnc3c(oc4ccccc43)c2=O)n(C)n1. The summed E-state index contributed by atoms with van der Waals surface area (Å²) in [7, 11) is 1.73. The average Bonchev–Trinajstić information content (AvgIpc) is 3.10. The molecular weight excluding hydrogens is 322 g/mol. The maximum atomic E-state index is 12.6. The highest BCUT2D eigenvalue weighted by molar-refractivity contribution is 6.01. The van der Waals surface area contributed by atoms with Crippen LogP contribution in [-0.4, -0.2) is 25.2 Å². The molecular formula is C17H15N5O3. The predicted molar refractivity (Wildman–Crippen MR) is 92.3 cm³/mol. The zero-order valence-electron chi connectivity index (χ0n) is 13.7. The molecule has 0 saturated heterocycles. The maximum Gasteiger partial charge on any atom is 0.297 e. The summed E-state index contributed by atoms with van der Waals surface area (Å²) < 4.78 is 8.40. The van der Waals surface area contributed by atoms with Crippen molar-refractivity contribution in [3.05, 3.63) is 52.7 Å². The lowest BCUT2D eigenvalue weighted by Gasteiger charge is -2.06. The van der Waals surface area contributed by atoms with E-state index in [1.807, 2.05) is 25.1 Å². The molecule has 25 heavy (non-hydrogen) atoms. The lowest BCUT2D eigenvalue weighted by Crippen LogP contribution is -2.28. The number of aryl methyl sites for hydroxylation is 2. The van der Waals surface area contributed by atoms with E-state index in [9.17, 15) is 9.59 Å². The topological polar surface area (TPSA) is 95.0 Å². The van der Waals surface area contributed by atoms with Crippen molar-refractivity contribution in [1.29, 1.82) is 0 Å². The number of anilines is 1. The van der Waals surface area contributed by atoms with Gasteiger partial charge in [-0.05, 0) is 19.1 Å². The molecule has 8 nitrogen and oxygen atoms in total. The van der Waals surface area contributed by atoms with Gasteiger partial charge < -0.3 is 9.73 Å². The maximum absolute atomic E-state index is 12.6. The Balaban J connectivity index is 1.66. The second-order valence-electron chi connectivity index (χ2n) is 5.80. The van der Waals surface area contributed by atoms with Crippen LogP contribution in [0.1, 0.15) is 5.69 Å². The summed E-state index contributed by atoms with van der Waals surface area (Å²) in [5, 5.41) is 7.66. The van der Waals surface area contributed by atoms with E-state index in [0.29, 0.717) is 16.9 Å². The molecule has 0 fully saturated rings. The van der Waals surface area contributed by atoms with E-state index in [2.05, 4.69) is 15.4 Å². The summed E-state index contributed by atoms with van der Waals surface area (Å²) in [6.07, 6.45) is 1.36. The number of aromatic nitrogens is 4. The van der Waals surface area contributed by atoms with Gasteiger partial charge in [-0.25, -0.2) is 4.98 Å². The molecule has 0 spiro atoms. The third-order valence-electron chi connectivity index (χ3n) is 3.93. The van der Waals surface area contributed by atoms with Crippen molar-refractivity contribution in [3.8, 4) is 0 Å². The van der Waals surface area contributed by atoms with Gasteiger partial charge in [0.1, 0.15) is 23.5 Å². The van der Waals surface area contributed by atoms with Crippen molar-refractivity contribution in [3.63, 3.8) is 0 Å². The van der Waals surface area contributed by atoms with E-state index in [0.717, 1.165) is 11.1 Å². The fourth-order valence-corrected chi connectivity index (χ4v) is 2.79. The van der Waals surface area contributed by atoms with Gasteiger partial charge in [0.15, 0.2) is 0 Å². The predicted octanol–water partition coefficient (Wildman–Crippen LogP) is 1.82. The molecule has 0 bridgehead atoms. The van der Waals surface area contributed by atoms with Crippen LogP contribution in [0.25, 0.3) is 22.1 Å². The number of hydrogen-bond acceptors (Lipinski definition) is 5. The molecule has 4 rings (SSSR count). The number of benzene rings is 1. The highest BCUT2D eigenvalue weighted by Crippen LogP contribution is 2.23. The van der Waals surface area contributed by atoms with Crippen LogP contribution in [0.15, 0.2) is 45.9 Å². The second kappa shape index (κ2) is 5.59. The minimum Gasteiger partial charge on any atom is -0.448 e. The summed E-state index contributed by atoms with van der Waals surface area (Å²) in [4.78, 5) is 29.1. The van der Waals surface area contributed by atoms with Crippen LogP contribution in [0.2, 0.25) is 0 Å². The van der Waals surface area contributed by atoms with Crippen LogP contribution in [0.3, 0.4) is 0 Å². The highest BCUT2D eigenvalue weighted by Gasteiger charge is 2.15. The number of rotatable bonds is 3. The van der Waals surface area contributed by atoms with Gasteiger partial charge in [0, 0.05) is 18.5 Å². The van der Waals surface area contributed by atoms with E-state index >= 15 is 0 Å². The molecule has 1 amide bonds. The molecule has 3 heterocycles. The number of carbonyl (C=O) groups is 1. The van der Waals surface area contributed by atoms with Crippen LogP contribution in [-0.2, 0) is 18.4 Å². The molecule has 1 aromatic carbocycles. The number of fused-ring (bicyclic) bond motifs is 3. The van der Waals surface area contributed by atoms with Crippen molar-refractivity contribution in [2.45, 2.75) is 13.5 Å². The van der Waals surface area contributed by atoms with Gasteiger partial charge >= 0.3 is 0 Å². The first-order valence-electron chi connectivity index (χ1n) is 7.70. The Morgan fingerprint density at radius 2 is 2.12 bits per heavy atom. The largest absolute Gasteiger partial charge is 0.448 e. The van der Waals surface area contributed by atoms with Gasteiger partial charge in [0.05, 0.1) is 12.0 Å². The van der Waals surface area contributed by atoms with Gasteiger partial charge in [-0.2, -0.15) is 5.10 Å². The van der Waals surface area contributed by atoms with Crippen LogP contribution in [0, 0.1) is 6.92 Å². The first-order chi connectivity index (χ1) is 12.0. The van der Waals surface area contributed by atoms with Crippen molar-refractivity contribution in [1.82, 2.24) is 19.3 Å². The fraction of sp³-hybridized carbons (Fsp3) is 0.176. The van der Waals surface area contributed by atoms with Crippen LogP contribution < -0.4 is 10.9 Å². The fourth-order valence-electron chi connectivity index (χ4n) is 2.79. The van der Waals surface area contributed by atoms with Crippen LogP contribution >= 0.6 is 0 Å². The van der Waals surface area contributed by atoms with Crippen LogP contribution in [0.5, 0.6) is 0 Å². The molecule has 0 aliphatic heterocycles. The van der Waals surface area contributed by atoms with E-state index < -0.39 is 5.56 Å². The van der Waals surface area contributed by atoms with Crippen molar-refractivity contribution in [2.24, 2.45) is 7.05 Å². The third-order valence-corrected chi connectivity index (χ3v) is 3.93. The van der Waals surface area contributed by atoms with Crippen molar-refractivity contribution < 1.29 is 9.21 Å². The number of nitrogens with one attached hydrogen (secondary N) is 1. The molecule has 0 saturated carbocycles. The molecule has 0 aliphatic carbocycles. The quantitative estimate of drug-likeness (QED) is 0.615. The van der Waals surface area contributed by atoms with Gasteiger partial charge in [-0.15, -0.1) is 0 Å². The molecule has 0 aliphatic rings. The monoisotopic (exact) mass is 337 g/mol. The Bertz CT molecular complexity index is 1170. The number of furan rings is 1. The summed E-state index contributed by atoms with van der Waals surface area (Å²) in [6.45, 7) is 1.67. The summed E-state index contributed by atoms with van der Waals surface area (Å²) >= 11 is 0. The molecule has 0 atom stereocenters. The number of carbonyl (C=O) groups excluding carboxylic acids is 1. The molecule has 3 aromatic heterocycles. The van der Waals surface area contributed by atoms with Gasteiger partial charge in [0.25, 0.3) is 5.56 Å². The summed E-state index contributed by atoms with van der Waals surface area (Å²) in [5.41, 5.74) is 1.64. The molecule has 8 heteroatoms. The van der Waals surface area contributed by atoms with E-state index in [-0.39, 0.29) is 18.0 Å². The Morgan fingerprint density at radius 1 is 1.32 bits per heavy atom. The molecule has 4 aromatic rings. The number of hydrogen-bond donors (Lipinski definition) is 1.